The van der Waals surface area contributed by atoms with Gasteiger partial charge in [-0.2, -0.15) is 0 Å². The van der Waals surface area contributed by atoms with Gasteiger partial charge in [0.1, 0.15) is 0 Å². The third-order valence-corrected chi connectivity index (χ3v) is 2.19. The number of carbonyl (C=O) groups excluding carboxylic acids is 1. The summed E-state index contributed by atoms with van der Waals surface area (Å²) >= 11 is 0. The second-order valence-corrected chi connectivity index (χ2v) is 3.28. The number of aldehydes is 1. The topological polar surface area (TPSA) is 52.0 Å². The van der Waals surface area contributed by atoms with Gasteiger partial charge < -0.3 is 4.57 Å². The van der Waals surface area contributed by atoms with E-state index in [-0.39, 0.29) is 5.56 Å². The van der Waals surface area contributed by atoms with E-state index < -0.39 is 0 Å². The zero-order valence-electron chi connectivity index (χ0n) is 8.60. The molecule has 0 spiro atoms. The van der Waals surface area contributed by atoms with Crippen LogP contribution in [0.15, 0.2) is 29.3 Å². The Morgan fingerprint density at radius 1 is 1.44 bits per heavy atom. The van der Waals surface area contributed by atoms with Crippen LogP contribution < -0.4 is 5.56 Å². The van der Waals surface area contributed by atoms with Crippen molar-refractivity contribution in [2.45, 2.75) is 0 Å². The van der Waals surface area contributed by atoms with Crippen LogP contribution in [-0.4, -0.2) is 15.8 Å². The van der Waals surface area contributed by atoms with Crippen molar-refractivity contribution in [2.75, 3.05) is 0 Å². The quantitative estimate of drug-likeness (QED) is 0.471. The Hall–Kier alpha value is -2.41. The van der Waals surface area contributed by atoms with Gasteiger partial charge in [0.05, 0.1) is 17.2 Å². The summed E-state index contributed by atoms with van der Waals surface area (Å²) in [5.41, 5.74) is 1.13. The van der Waals surface area contributed by atoms with E-state index in [0.29, 0.717) is 22.8 Å². The maximum atomic E-state index is 11.8. The van der Waals surface area contributed by atoms with Crippen LogP contribution in [0.25, 0.3) is 10.9 Å². The summed E-state index contributed by atoms with van der Waals surface area (Å²) in [5.74, 6) is 4.94. The normalized spacial score (nSPS) is 9.56. The second kappa shape index (κ2) is 3.99. The fourth-order valence-corrected chi connectivity index (χ4v) is 1.40. The molecule has 0 atom stereocenters. The van der Waals surface area contributed by atoms with Crippen LogP contribution in [0.1, 0.15) is 5.56 Å². The molecule has 4 heteroatoms. The largest absolute Gasteiger partial charge is 0.302 e. The molecule has 0 radical (unpaired) electrons. The highest BCUT2D eigenvalue weighted by Crippen LogP contribution is 2.08. The predicted molar refractivity (Wildman–Crippen MR) is 59.9 cm³/mol. The van der Waals surface area contributed by atoms with Gasteiger partial charge in [-0.1, -0.05) is 5.92 Å². The Bertz CT molecular complexity index is 675. The average Bonchev–Trinajstić information content (AvgIpc) is 2.31. The Kier molecular flexibility index (Phi) is 2.52. The zero-order valence-corrected chi connectivity index (χ0v) is 8.60. The SMILES string of the molecule is Cn1cnc2ccc(C#CC=O)cc2c1=O. The number of aryl methyl sites for hydroxylation is 1. The third kappa shape index (κ3) is 1.71. The molecule has 0 aliphatic heterocycles. The second-order valence-electron chi connectivity index (χ2n) is 3.28. The Balaban J connectivity index is 2.73. The molecule has 16 heavy (non-hydrogen) atoms. The molecule has 0 unspecified atom stereocenters. The van der Waals surface area contributed by atoms with E-state index in [0.717, 1.165) is 0 Å². The molecule has 1 aromatic carbocycles. The molecule has 78 valence electrons. The van der Waals surface area contributed by atoms with Gasteiger partial charge in [0, 0.05) is 12.6 Å². The van der Waals surface area contributed by atoms with Crippen molar-refractivity contribution in [3.63, 3.8) is 0 Å². The molecule has 0 saturated carbocycles. The molecule has 0 saturated heterocycles. The van der Waals surface area contributed by atoms with Crippen molar-refractivity contribution in [1.82, 2.24) is 9.55 Å². The lowest BCUT2D eigenvalue weighted by Crippen LogP contribution is -2.16. The zero-order chi connectivity index (χ0) is 11.5. The smallest absolute Gasteiger partial charge is 0.260 e. The van der Waals surface area contributed by atoms with Gasteiger partial charge in [-0.15, -0.1) is 0 Å². The highest BCUT2D eigenvalue weighted by atomic mass is 16.1. The van der Waals surface area contributed by atoms with Crippen LogP contribution >= 0.6 is 0 Å². The van der Waals surface area contributed by atoms with E-state index in [2.05, 4.69) is 16.8 Å². The van der Waals surface area contributed by atoms with E-state index >= 15 is 0 Å². The average molecular weight is 212 g/mol. The highest BCUT2D eigenvalue weighted by Gasteiger charge is 2.01. The van der Waals surface area contributed by atoms with E-state index in [1.165, 1.54) is 10.9 Å². The van der Waals surface area contributed by atoms with Crippen LogP contribution in [-0.2, 0) is 11.8 Å². The van der Waals surface area contributed by atoms with Crippen molar-refractivity contribution in [2.24, 2.45) is 7.05 Å². The molecule has 0 aliphatic carbocycles. The fraction of sp³-hybridized carbons (Fsp3) is 0.0833. The minimum Gasteiger partial charge on any atom is -0.302 e. The van der Waals surface area contributed by atoms with Crippen molar-refractivity contribution in [1.29, 1.82) is 0 Å². The fourth-order valence-electron chi connectivity index (χ4n) is 1.40. The maximum absolute atomic E-state index is 11.8. The lowest BCUT2D eigenvalue weighted by Gasteiger charge is -2.00. The molecule has 1 aromatic heterocycles. The molecule has 2 aromatic rings. The maximum Gasteiger partial charge on any atom is 0.260 e. The van der Waals surface area contributed by atoms with E-state index in [1.54, 1.807) is 25.2 Å². The monoisotopic (exact) mass is 212 g/mol. The number of rotatable bonds is 0. The summed E-state index contributed by atoms with van der Waals surface area (Å²) in [6, 6.07) is 5.08. The molecular weight excluding hydrogens is 204 g/mol. The number of hydrogen-bond donors (Lipinski definition) is 0. The van der Waals surface area contributed by atoms with Gasteiger partial charge in [0.25, 0.3) is 5.56 Å². The van der Waals surface area contributed by atoms with Gasteiger partial charge in [-0.05, 0) is 24.1 Å². The van der Waals surface area contributed by atoms with E-state index in [1.807, 2.05) is 0 Å². The minimum atomic E-state index is -0.125. The number of hydrogen-bond acceptors (Lipinski definition) is 3. The first-order valence-electron chi connectivity index (χ1n) is 4.63. The molecule has 0 N–H and O–H groups in total. The van der Waals surface area contributed by atoms with E-state index in [9.17, 15) is 9.59 Å². The Morgan fingerprint density at radius 2 is 2.25 bits per heavy atom. The van der Waals surface area contributed by atoms with Gasteiger partial charge >= 0.3 is 0 Å². The summed E-state index contributed by atoms with van der Waals surface area (Å²) in [7, 11) is 1.64. The summed E-state index contributed by atoms with van der Waals surface area (Å²) < 4.78 is 1.40. The molecule has 0 fully saturated rings. The van der Waals surface area contributed by atoms with Crippen molar-refractivity contribution >= 4 is 17.2 Å². The van der Waals surface area contributed by atoms with Crippen molar-refractivity contribution in [3.8, 4) is 11.8 Å². The molecular formula is C12H8N2O2. The first kappa shape index (κ1) is 10.1. The first-order valence-corrected chi connectivity index (χ1v) is 4.63. The molecule has 0 amide bonds. The number of aromatic nitrogens is 2. The summed E-state index contributed by atoms with van der Waals surface area (Å²) in [5, 5.41) is 0.502. The minimum absolute atomic E-state index is 0.125. The number of carbonyl (C=O) groups is 1. The molecule has 4 nitrogen and oxygen atoms in total. The number of benzene rings is 1. The number of nitrogens with zero attached hydrogens (tertiary/aromatic N) is 2. The third-order valence-electron chi connectivity index (χ3n) is 2.19. The Morgan fingerprint density at radius 3 is 3.00 bits per heavy atom. The lowest BCUT2D eigenvalue weighted by molar-refractivity contribution is -0.103. The van der Waals surface area contributed by atoms with Gasteiger partial charge in [-0.25, -0.2) is 4.98 Å². The molecule has 2 rings (SSSR count). The van der Waals surface area contributed by atoms with Crippen LogP contribution in [0, 0.1) is 11.8 Å². The van der Waals surface area contributed by atoms with Gasteiger partial charge in [-0.3, -0.25) is 9.59 Å². The summed E-state index contributed by atoms with van der Waals surface area (Å²) in [6.45, 7) is 0. The molecule has 1 heterocycles. The molecule has 0 aliphatic rings. The van der Waals surface area contributed by atoms with Crippen LogP contribution in [0.5, 0.6) is 0 Å². The number of fused-ring (bicyclic) bond motifs is 1. The summed E-state index contributed by atoms with van der Waals surface area (Å²) in [6.07, 6.45) is 1.99. The van der Waals surface area contributed by atoms with Crippen molar-refractivity contribution in [3.05, 3.63) is 40.4 Å². The van der Waals surface area contributed by atoms with Crippen LogP contribution in [0.4, 0.5) is 0 Å². The van der Waals surface area contributed by atoms with Crippen molar-refractivity contribution < 1.29 is 4.79 Å². The van der Waals surface area contributed by atoms with Crippen LogP contribution in [0.2, 0.25) is 0 Å². The summed E-state index contributed by atoms with van der Waals surface area (Å²) in [4.78, 5) is 26.0. The predicted octanol–water partition coefficient (Wildman–Crippen LogP) is 0.484. The highest BCUT2D eigenvalue weighted by molar-refractivity contribution is 5.80. The van der Waals surface area contributed by atoms with E-state index in [4.69, 9.17) is 0 Å². The standard InChI is InChI=1S/C12H8N2O2/c1-14-8-13-11-5-4-9(3-2-6-15)7-10(11)12(14)16/h4-8H,1H3. The Labute approximate surface area is 91.5 Å². The van der Waals surface area contributed by atoms with Gasteiger partial charge in [0.15, 0.2) is 6.29 Å². The van der Waals surface area contributed by atoms with Crippen LogP contribution in [0.3, 0.4) is 0 Å². The molecule has 0 bridgehead atoms. The first-order chi connectivity index (χ1) is 7.72. The lowest BCUT2D eigenvalue weighted by atomic mass is 10.1. The van der Waals surface area contributed by atoms with Gasteiger partial charge in [0.2, 0.25) is 0 Å².